The maximum Gasteiger partial charge on any atom is 0.174 e. The summed E-state index contributed by atoms with van der Waals surface area (Å²) in [7, 11) is 1.80. The molecule has 0 radical (unpaired) electrons. The van der Waals surface area contributed by atoms with E-state index in [-0.39, 0.29) is 0 Å². The van der Waals surface area contributed by atoms with E-state index in [1.54, 1.807) is 32.0 Å². The molecule has 0 amide bonds. The van der Waals surface area contributed by atoms with E-state index in [1.165, 1.54) is 0 Å². The van der Waals surface area contributed by atoms with E-state index in [9.17, 15) is 0 Å². The average molecular weight is 230 g/mol. The van der Waals surface area contributed by atoms with Crippen molar-refractivity contribution in [2.45, 2.75) is 6.92 Å². The van der Waals surface area contributed by atoms with Crippen molar-refractivity contribution in [1.29, 1.82) is 0 Å². The number of aliphatic imine (C=N–C) groups is 1. The van der Waals surface area contributed by atoms with E-state index in [0.29, 0.717) is 11.6 Å². The van der Waals surface area contributed by atoms with Crippen molar-refractivity contribution in [2.24, 2.45) is 4.99 Å². The summed E-state index contributed by atoms with van der Waals surface area (Å²) in [5.74, 6) is 1.41. The van der Waals surface area contributed by atoms with Crippen LogP contribution in [-0.4, -0.2) is 33.3 Å². The molecule has 2 rings (SSSR count). The Balaban J connectivity index is 2.26. The Morgan fingerprint density at radius 2 is 2.29 bits per heavy atom. The lowest BCUT2D eigenvalue weighted by molar-refractivity contribution is 1.18. The summed E-state index contributed by atoms with van der Waals surface area (Å²) in [5.41, 5.74) is 1.58. The van der Waals surface area contributed by atoms with Gasteiger partial charge in [-0.25, -0.2) is 15.0 Å². The smallest absolute Gasteiger partial charge is 0.174 e. The SMILES string of the molecule is C/C=C(\N=C/NC)c1c[nH]c(-c2ncc[nH]2)n1. The Hall–Kier alpha value is -2.37. The molecule has 0 saturated carbocycles. The van der Waals surface area contributed by atoms with E-state index >= 15 is 0 Å². The van der Waals surface area contributed by atoms with Crippen LogP contribution >= 0.6 is 0 Å². The van der Waals surface area contributed by atoms with Crippen LogP contribution in [0.25, 0.3) is 17.3 Å². The highest BCUT2D eigenvalue weighted by molar-refractivity contribution is 5.71. The van der Waals surface area contributed by atoms with Crippen LogP contribution < -0.4 is 5.32 Å². The normalized spacial score (nSPS) is 12.2. The maximum atomic E-state index is 4.42. The molecule has 0 bridgehead atoms. The highest BCUT2D eigenvalue weighted by atomic mass is 15.0. The molecule has 0 unspecified atom stereocenters. The molecule has 0 aliphatic carbocycles. The Kier molecular flexibility index (Phi) is 3.34. The standard InChI is InChI=1S/C11H14N6/c1-3-8(16-7-12-2)9-6-15-11(17-9)10-13-4-5-14-10/h3-7H,1-2H3,(H,12,16)(H,13,14)(H,15,17)/b8-3-. The zero-order valence-electron chi connectivity index (χ0n) is 9.73. The molecule has 0 aliphatic rings. The average Bonchev–Trinajstić information content (AvgIpc) is 3.00. The fourth-order valence-corrected chi connectivity index (χ4v) is 1.39. The van der Waals surface area contributed by atoms with E-state index < -0.39 is 0 Å². The first-order chi connectivity index (χ1) is 8.35. The summed E-state index contributed by atoms with van der Waals surface area (Å²) in [4.78, 5) is 18.8. The monoisotopic (exact) mass is 230 g/mol. The van der Waals surface area contributed by atoms with Gasteiger partial charge in [0.2, 0.25) is 0 Å². The van der Waals surface area contributed by atoms with Crippen molar-refractivity contribution in [3.8, 4) is 11.6 Å². The molecule has 6 heteroatoms. The second kappa shape index (κ2) is 5.11. The quantitative estimate of drug-likeness (QED) is 0.548. The van der Waals surface area contributed by atoms with Crippen LogP contribution in [0.4, 0.5) is 0 Å². The van der Waals surface area contributed by atoms with Gasteiger partial charge in [-0.05, 0) is 6.92 Å². The number of aromatic amines is 2. The number of aromatic nitrogens is 4. The summed E-state index contributed by atoms with van der Waals surface area (Å²) >= 11 is 0. The minimum atomic E-state index is 0.698. The predicted octanol–water partition coefficient (Wildman–Crippen LogP) is 1.41. The number of rotatable bonds is 4. The molecule has 88 valence electrons. The summed E-state index contributed by atoms with van der Waals surface area (Å²) in [6.45, 7) is 1.92. The van der Waals surface area contributed by atoms with E-state index in [2.05, 4.69) is 30.2 Å². The van der Waals surface area contributed by atoms with E-state index in [0.717, 1.165) is 11.4 Å². The fraction of sp³-hybridized carbons (Fsp3) is 0.182. The third-order valence-corrected chi connectivity index (χ3v) is 2.17. The summed E-state index contributed by atoms with van der Waals surface area (Å²) in [6, 6.07) is 0. The molecular weight excluding hydrogens is 216 g/mol. The van der Waals surface area contributed by atoms with Crippen LogP contribution in [0.1, 0.15) is 12.6 Å². The van der Waals surface area contributed by atoms with Crippen LogP contribution in [0, 0.1) is 0 Å². The van der Waals surface area contributed by atoms with Crippen LogP contribution in [0.3, 0.4) is 0 Å². The van der Waals surface area contributed by atoms with Gasteiger partial charge in [0, 0.05) is 25.6 Å². The Labute approximate surface area is 98.9 Å². The molecule has 2 aromatic rings. The molecule has 0 aromatic carbocycles. The van der Waals surface area contributed by atoms with Gasteiger partial charge < -0.3 is 15.3 Å². The Morgan fingerprint density at radius 3 is 2.94 bits per heavy atom. The number of hydrogen-bond donors (Lipinski definition) is 3. The van der Waals surface area contributed by atoms with Crippen LogP contribution in [0.5, 0.6) is 0 Å². The summed E-state index contributed by atoms with van der Waals surface area (Å²) in [6.07, 6.45) is 8.77. The fourth-order valence-electron chi connectivity index (χ4n) is 1.39. The first-order valence-electron chi connectivity index (χ1n) is 5.26. The summed E-state index contributed by atoms with van der Waals surface area (Å²) in [5, 5.41) is 2.85. The zero-order valence-corrected chi connectivity index (χ0v) is 9.73. The number of H-pyrrole nitrogens is 2. The van der Waals surface area contributed by atoms with Crippen molar-refractivity contribution in [1.82, 2.24) is 25.3 Å². The number of nitrogens with zero attached hydrogens (tertiary/aromatic N) is 3. The van der Waals surface area contributed by atoms with E-state index in [4.69, 9.17) is 0 Å². The van der Waals surface area contributed by atoms with Gasteiger partial charge in [0.05, 0.1) is 12.0 Å². The Morgan fingerprint density at radius 1 is 1.41 bits per heavy atom. The first kappa shape index (κ1) is 11.1. The maximum absolute atomic E-state index is 4.42. The molecule has 0 saturated heterocycles. The topological polar surface area (TPSA) is 81.8 Å². The van der Waals surface area contributed by atoms with Crippen LogP contribution in [0.15, 0.2) is 29.7 Å². The van der Waals surface area contributed by atoms with Gasteiger partial charge in [0.1, 0.15) is 5.69 Å². The third kappa shape index (κ3) is 2.41. The lowest BCUT2D eigenvalue weighted by Gasteiger charge is -1.94. The molecule has 3 N–H and O–H groups in total. The van der Waals surface area contributed by atoms with Gasteiger partial charge in [-0.3, -0.25) is 0 Å². The van der Waals surface area contributed by atoms with Crippen LogP contribution in [-0.2, 0) is 0 Å². The van der Waals surface area contributed by atoms with Gasteiger partial charge in [-0.1, -0.05) is 6.08 Å². The van der Waals surface area contributed by atoms with Crippen molar-refractivity contribution >= 4 is 12.0 Å². The lowest BCUT2D eigenvalue weighted by atomic mass is 10.3. The molecule has 6 nitrogen and oxygen atoms in total. The minimum Gasteiger partial charge on any atom is -0.379 e. The highest BCUT2D eigenvalue weighted by Crippen LogP contribution is 2.16. The zero-order chi connectivity index (χ0) is 12.1. The summed E-state index contributed by atoms with van der Waals surface area (Å²) < 4.78 is 0. The van der Waals surface area contributed by atoms with Gasteiger partial charge in [0.15, 0.2) is 11.6 Å². The third-order valence-electron chi connectivity index (χ3n) is 2.17. The molecular formula is C11H14N6. The largest absolute Gasteiger partial charge is 0.379 e. The second-order valence-corrected chi connectivity index (χ2v) is 3.29. The number of hydrogen-bond acceptors (Lipinski definition) is 3. The molecule has 2 heterocycles. The number of nitrogens with one attached hydrogen (secondary N) is 3. The van der Waals surface area contributed by atoms with Gasteiger partial charge in [0.25, 0.3) is 0 Å². The van der Waals surface area contributed by atoms with Crippen molar-refractivity contribution in [3.05, 3.63) is 30.4 Å². The highest BCUT2D eigenvalue weighted by Gasteiger charge is 2.07. The van der Waals surface area contributed by atoms with Crippen LogP contribution in [0.2, 0.25) is 0 Å². The molecule has 0 atom stereocenters. The van der Waals surface area contributed by atoms with E-state index in [1.807, 2.05) is 13.0 Å². The lowest BCUT2D eigenvalue weighted by Crippen LogP contribution is -2.00. The van der Waals surface area contributed by atoms with Crippen molar-refractivity contribution < 1.29 is 0 Å². The molecule has 0 aliphatic heterocycles. The number of allylic oxidation sites excluding steroid dienone is 1. The van der Waals surface area contributed by atoms with Gasteiger partial charge in [-0.15, -0.1) is 0 Å². The second-order valence-electron chi connectivity index (χ2n) is 3.29. The number of imidazole rings is 2. The van der Waals surface area contributed by atoms with Crippen molar-refractivity contribution in [3.63, 3.8) is 0 Å². The first-order valence-corrected chi connectivity index (χ1v) is 5.26. The molecule has 0 spiro atoms. The molecule has 17 heavy (non-hydrogen) atoms. The molecule has 2 aromatic heterocycles. The van der Waals surface area contributed by atoms with Crippen molar-refractivity contribution in [2.75, 3.05) is 7.05 Å². The Bertz CT molecular complexity index is 520. The molecule has 0 fully saturated rings. The minimum absolute atomic E-state index is 0.698. The predicted molar refractivity (Wildman–Crippen MR) is 67.4 cm³/mol. The van der Waals surface area contributed by atoms with Gasteiger partial charge in [-0.2, -0.15) is 0 Å². The van der Waals surface area contributed by atoms with Gasteiger partial charge >= 0.3 is 0 Å².